The Balaban J connectivity index is 1.67. The normalized spacial score (nSPS) is 15.3. The third-order valence-corrected chi connectivity index (χ3v) is 5.97. The number of carbonyl (C=O) groups is 3. The smallest absolute Gasteiger partial charge is 0.420 e. The molecule has 0 bridgehead atoms. The first kappa shape index (κ1) is 26.0. The van der Waals surface area contributed by atoms with E-state index in [2.05, 4.69) is 4.74 Å². The van der Waals surface area contributed by atoms with Gasteiger partial charge in [-0.1, -0.05) is 48.5 Å². The number of carbonyl (C=O) groups excluding carboxylic acids is 2. The minimum Gasteiger partial charge on any atom is -0.479 e. The number of hydrogen-bond donors (Lipinski definition) is 3. The maximum atomic E-state index is 13.8. The second kappa shape index (κ2) is 10.3. The van der Waals surface area contributed by atoms with Crippen LogP contribution in [0.15, 0.2) is 48.5 Å². The van der Waals surface area contributed by atoms with Gasteiger partial charge in [0.15, 0.2) is 6.10 Å². The number of hydrogen-bond acceptors (Lipinski definition) is 5. The van der Waals surface area contributed by atoms with Gasteiger partial charge in [0.1, 0.15) is 6.61 Å². The lowest BCUT2D eigenvalue weighted by molar-refractivity contribution is -0.194. The highest BCUT2D eigenvalue weighted by Gasteiger charge is 2.58. The second-order valence-electron chi connectivity index (χ2n) is 8.18. The number of amides is 2. The third-order valence-electron chi connectivity index (χ3n) is 5.97. The number of alkyl halides is 3. The van der Waals surface area contributed by atoms with Crippen LogP contribution in [0.25, 0.3) is 11.1 Å². The van der Waals surface area contributed by atoms with Crippen molar-refractivity contribution in [2.45, 2.75) is 37.1 Å². The zero-order valence-corrected chi connectivity index (χ0v) is 19.0. The van der Waals surface area contributed by atoms with Crippen LogP contribution in [0, 0.1) is 0 Å². The first-order chi connectivity index (χ1) is 16.5. The number of halogens is 3. The Morgan fingerprint density at radius 3 is 2.06 bits per heavy atom. The quantitative estimate of drug-likeness (QED) is 0.492. The molecule has 11 heteroatoms. The number of nitrogens with one attached hydrogen (secondary N) is 2. The molecule has 35 heavy (non-hydrogen) atoms. The van der Waals surface area contributed by atoms with Crippen LogP contribution in [0.1, 0.15) is 30.4 Å². The lowest BCUT2D eigenvalue weighted by Gasteiger charge is -2.31. The van der Waals surface area contributed by atoms with Gasteiger partial charge >= 0.3 is 18.2 Å². The Labute approximate surface area is 199 Å². The molecule has 0 aromatic heterocycles. The van der Waals surface area contributed by atoms with Gasteiger partial charge in [0.2, 0.25) is 5.54 Å². The van der Waals surface area contributed by atoms with E-state index in [1.807, 2.05) is 53.8 Å². The van der Waals surface area contributed by atoms with Crippen LogP contribution in [0.3, 0.4) is 0 Å². The topological polar surface area (TPSA) is 114 Å². The molecule has 0 aliphatic heterocycles. The Morgan fingerprint density at radius 1 is 1.03 bits per heavy atom. The van der Waals surface area contributed by atoms with Crippen LogP contribution in [0.5, 0.6) is 0 Å². The van der Waals surface area contributed by atoms with E-state index in [4.69, 9.17) is 9.84 Å². The van der Waals surface area contributed by atoms with E-state index in [1.165, 1.54) is 0 Å². The summed E-state index contributed by atoms with van der Waals surface area (Å²) in [5.41, 5.74) is 0.356. The van der Waals surface area contributed by atoms with E-state index in [-0.39, 0.29) is 18.9 Å². The standard InChI is InChI=1S/C24H25F3N2O6/c1-23(24(25,26)27,21(32)28-12-11-19(34-2)20(30)31)29-22(33)35-13-18-16-9-5-3-7-14(16)15-8-4-6-10-17(15)18/h3-10,18-19H,11-13H2,1-2H3,(H,28,32)(H,29,33)(H,30,31). The van der Waals surface area contributed by atoms with Gasteiger partial charge < -0.3 is 19.9 Å². The van der Waals surface area contributed by atoms with Gasteiger partial charge in [0, 0.05) is 26.0 Å². The number of rotatable bonds is 9. The molecule has 8 nitrogen and oxygen atoms in total. The molecule has 3 rings (SSSR count). The largest absolute Gasteiger partial charge is 0.479 e. The van der Waals surface area contributed by atoms with Crippen LogP contribution in [0.4, 0.5) is 18.0 Å². The molecule has 2 aromatic rings. The van der Waals surface area contributed by atoms with E-state index in [0.29, 0.717) is 6.92 Å². The average molecular weight is 494 g/mol. The molecule has 0 saturated heterocycles. The lowest BCUT2D eigenvalue weighted by atomic mass is 9.98. The van der Waals surface area contributed by atoms with Gasteiger partial charge in [0.05, 0.1) is 0 Å². The zero-order chi connectivity index (χ0) is 25.8. The summed E-state index contributed by atoms with van der Waals surface area (Å²) in [6.45, 7) is -0.139. The number of carboxylic acids is 1. The molecule has 1 aliphatic carbocycles. The molecule has 0 saturated carbocycles. The van der Waals surface area contributed by atoms with Crippen molar-refractivity contribution in [3.05, 3.63) is 59.7 Å². The molecule has 0 spiro atoms. The maximum Gasteiger partial charge on any atom is 0.420 e. The van der Waals surface area contributed by atoms with E-state index in [1.54, 1.807) is 5.32 Å². The second-order valence-corrected chi connectivity index (χ2v) is 8.18. The van der Waals surface area contributed by atoms with Gasteiger partial charge in [-0.2, -0.15) is 13.2 Å². The summed E-state index contributed by atoms with van der Waals surface area (Å²) in [6.07, 6.45) is -8.14. The Hall–Kier alpha value is -3.60. The van der Waals surface area contributed by atoms with Crippen molar-refractivity contribution in [1.29, 1.82) is 0 Å². The predicted molar refractivity (Wildman–Crippen MR) is 119 cm³/mol. The van der Waals surface area contributed by atoms with Gasteiger partial charge in [-0.05, 0) is 29.2 Å². The SMILES string of the molecule is COC(CCNC(=O)C(C)(NC(=O)OCC1c2ccccc2-c2ccccc21)C(F)(F)F)C(=O)O. The molecule has 2 unspecified atom stereocenters. The fraction of sp³-hybridized carbons (Fsp3) is 0.375. The summed E-state index contributed by atoms with van der Waals surface area (Å²) >= 11 is 0. The highest BCUT2D eigenvalue weighted by molar-refractivity contribution is 5.90. The highest BCUT2D eigenvalue weighted by Crippen LogP contribution is 2.44. The Morgan fingerprint density at radius 2 is 1.57 bits per heavy atom. The average Bonchev–Trinajstić information content (AvgIpc) is 3.13. The Kier molecular flexibility index (Phi) is 7.69. The summed E-state index contributed by atoms with van der Waals surface area (Å²) in [5.74, 6) is -3.25. The predicted octanol–water partition coefficient (Wildman–Crippen LogP) is 3.45. The monoisotopic (exact) mass is 494 g/mol. The lowest BCUT2D eigenvalue weighted by Crippen LogP contribution is -2.65. The maximum absolute atomic E-state index is 13.8. The van der Waals surface area contributed by atoms with Gasteiger partial charge in [-0.3, -0.25) is 10.1 Å². The molecule has 1 aliphatic rings. The summed E-state index contributed by atoms with van der Waals surface area (Å²) in [4.78, 5) is 35.7. The van der Waals surface area contributed by atoms with Gasteiger partial charge in [-0.25, -0.2) is 9.59 Å². The molecule has 0 fully saturated rings. The summed E-state index contributed by atoms with van der Waals surface area (Å²) in [6, 6.07) is 14.9. The number of aliphatic carboxylic acids is 1. The van der Waals surface area contributed by atoms with E-state index >= 15 is 0 Å². The molecule has 0 heterocycles. The number of methoxy groups -OCH3 is 1. The number of carboxylic acid groups (broad SMARTS) is 1. The minimum absolute atomic E-state index is 0.233. The van der Waals surface area contributed by atoms with Crippen molar-refractivity contribution < 1.29 is 42.1 Å². The fourth-order valence-electron chi connectivity index (χ4n) is 3.93. The molecule has 2 atom stereocenters. The van der Waals surface area contributed by atoms with Crippen molar-refractivity contribution in [3.63, 3.8) is 0 Å². The molecule has 3 N–H and O–H groups in total. The number of alkyl carbamates (subject to hydrolysis) is 1. The number of ether oxygens (including phenoxy) is 2. The van der Waals surface area contributed by atoms with Crippen LogP contribution >= 0.6 is 0 Å². The molecule has 2 aromatic carbocycles. The van der Waals surface area contributed by atoms with E-state index < -0.39 is 42.3 Å². The first-order valence-corrected chi connectivity index (χ1v) is 10.7. The summed E-state index contributed by atoms with van der Waals surface area (Å²) in [5, 5.41) is 12.6. The summed E-state index contributed by atoms with van der Waals surface area (Å²) in [7, 11) is 1.12. The molecule has 188 valence electrons. The van der Waals surface area contributed by atoms with Crippen molar-refractivity contribution in [2.24, 2.45) is 0 Å². The van der Waals surface area contributed by atoms with Crippen molar-refractivity contribution in [2.75, 3.05) is 20.3 Å². The van der Waals surface area contributed by atoms with E-state index in [9.17, 15) is 27.6 Å². The first-order valence-electron chi connectivity index (χ1n) is 10.7. The van der Waals surface area contributed by atoms with Crippen molar-refractivity contribution in [3.8, 4) is 11.1 Å². The fourth-order valence-corrected chi connectivity index (χ4v) is 3.93. The molecule has 2 amide bonds. The minimum atomic E-state index is -5.16. The van der Waals surface area contributed by atoms with E-state index in [0.717, 1.165) is 29.4 Å². The number of benzene rings is 2. The van der Waals surface area contributed by atoms with Crippen LogP contribution < -0.4 is 10.6 Å². The van der Waals surface area contributed by atoms with Gasteiger partial charge in [-0.15, -0.1) is 0 Å². The van der Waals surface area contributed by atoms with Crippen molar-refractivity contribution in [1.82, 2.24) is 10.6 Å². The molecule has 0 radical (unpaired) electrons. The van der Waals surface area contributed by atoms with Crippen LogP contribution in [0.2, 0.25) is 0 Å². The highest BCUT2D eigenvalue weighted by atomic mass is 19.4. The molecular formula is C24H25F3N2O6. The molecular weight excluding hydrogens is 469 g/mol. The summed E-state index contributed by atoms with van der Waals surface area (Å²) < 4.78 is 51.2. The van der Waals surface area contributed by atoms with Gasteiger partial charge in [0.25, 0.3) is 5.91 Å². The zero-order valence-electron chi connectivity index (χ0n) is 19.0. The Bertz CT molecular complexity index is 1060. The third kappa shape index (κ3) is 5.40. The number of fused-ring (bicyclic) bond motifs is 3. The van der Waals surface area contributed by atoms with Crippen LogP contribution in [-0.4, -0.2) is 61.2 Å². The van der Waals surface area contributed by atoms with Crippen molar-refractivity contribution >= 4 is 18.0 Å². The van der Waals surface area contributed by atoms with Crippen LogP contribution in [-0.2, 0) is 19.1 Å².